The predicted octanol–water partition coefficient (Wildman–Crippen LogP) is 2.35. The average Bonchev–Trinajstić information content (AvgIpc) is 3.34. The van der Waals surface area contributed by atoms with Crippen LogP contribution in [0.25, 0.3) is 0 Å². The highest BCUT2D eigenvalue weighted by molar-refractivity contribution is 8.01. The number of methoxy groups -OCH3 is 2. The van der Waals surface area contributed by atoms with Crippen LogP contribution in [-0.2, 0) is 9.53 Å². The average molecular weight is 407 g/mol. The molecule has 28 heavy (non-hydrogen) atoms. The molecular formula is C20H26N2O5S. The van der Waals surface area contributed by atoms with Gasteiger partial charge in [-0.05, 0) is 32.8 Å². The highest BCUT2D eigenvalue weighted by Crippen LogP contribution is 2.58. The van der Waals surface area contributed by atoms with Crippen molar-refractivity contribution in [2.45, 2.75) is 49.0 Å². The lowest BCUT2D eigenvalue weighted by Gasteiger charge is -2.30. The van der Waals surface area contributed by atoms with Crippen molar-refractivity contribution in [1.82, 2.24) is 10.2 Å². The molecule has 1 N–H and O–H groups in total. The summed E-state index contributed by atoms with van der Waals surface area (Å²) < 4.78 is 16.0. The first-order valence-electron chi connectivity index (χ1n) is 9.53. The van der Waals surface area contributed by atoms with E-state index in [4.69, 9.17) is 14.2 Å². The smallest absolute Gasteiger partial charge is 0.260 e. The van der Waals surface area contributed by atoms with Crippen molar-refractivity contribution in [1.29, 1.82) is 0 Å². The highest BCUT2D eigenvalue weighted by atomic mass is 32.2. The van der Waals surface area contributed by atoms with Crippen molar-refractivity contribution >= 4 is 23.6 Å². The molecule has 7 nitrogen and oxygen atoms in total. The Kier molecular flexibility index (Phi) is 4.95. The lowest BCUT2D eigenvalue weighted by molar-refractivity contribution is -0.126. The second-order valence-electron chi connectivity index (χ2n) is 7.83. The van der Waals surface area contributed by atoms with Crippen molar-refractivity contribution in [3.05, 3.63) is 23.3 Å². The van der Waals surface area contributed by atoms with Gasteiger partial charge in [0.05, 0.1) is 25.9 Å². The first-order valence-corrected chi connectivity index (χ1v) is 10.4. The fourth-order valence-corrected chi connectivity index (χ4v) is 5.95. The molecule has 0 spiro atoms. The van der Waals surface area contributed by atoms with Crippen LogP contribution < -0.4 is 14.8 Å². The third-order valence-electron chi connectivity index (χ3n) is 5.67. The standard InChI is InChI=1S/C20H26N2O5S/c1-20(2)16(17(23)21-10-11-6-5-9-27-11)22-18(24)14-12(19(22)28-20)7-8-13(25-3)15(14)26-4/h7-8,11,16,19H,5-6,9-10H2,1-4H3,(H,21,23)/t11?,16-,19?/m1/s1. The Morgan fingerprint density at radius 2 is 2.14 bits per heavy atom. The number of amides is 2. The molecule has 3 atom stereocenters. The van der Waals surface area contributed by atoms with E-state index in [-0.39, 0.29) is 23.3 Å². The summed E-state index contributed by atoms with van der Waals surface area (Å²) in [6, 6.07) is 3.14. The minimum absolute atomic E-state index is 0.0627. The largest absolute Gasteiger partial charge is 0.493 e. The fourth-order valence-electron chi connectivity index (χ4n) is 4.37. The summed E-state index contributed by atoms with van der Waals surface area (Å²) in [4.78, 5) is 28.2. The van der Waals surface area contributed by atoms with E-state index in [9.17, 15) is 9.59 Å². The SMILES string of the molecule is COc1ccc2c(c1OC)C(=O)N1C2SC(C)(C)[C@H]1C(=O)NCC1CCCO1. The number of nitrogens with zero attached hydrogens (tertiary/aromatic N) is 1. The lowest BCUT2D eigenvalue weighted by atomic mass is 10.0. The molecule has 2 saturated heterocycles. The van der Waals surface area contributed by atoms with Gasteiger partial charge in [-0.3, -0.25) is 9.59 Å². The van der Waals surface area contributed by atoms with E-state index in [1.807, 2.05) is 26.0 Å². The van der Waals surface area contributed by atoms with Crippen LogP contribution in [0.3, 0.4) is 0 Å². The molecule has 0 aromatic heterocycles. The molecule has 8 heteroatoms. The van der Waals surface area contributed by atoms with Gasteiger partial charge in [0.1, 0.15) is 11.4 Å². The van der Waals surface area contributed by atoms with Gasteiger partial charge >= 0.3 is 0 Å². The molecule has 0 radical (unpaired) electrons. The van der Waals surface area contributed by atoms with Crippen LogP contribution in [0.15, 0.2) is 12.1 Å². The third-order valence-corrected chi connectivity index (χ3v) is 7.21. The summed E-state index contributed by atoms with van der Waals surface area (Å²) in [5, 5.41) is 2.79. The minimum Gasteiger partial charge on any atom is -0.493 e. The van der Waals surface area contributed by atoms with E-state index >= 15 is 0 Å². The van der Waals surface area contributed by atoms with Crippen molar-refractivity contribution in [3.63, 3.8) is 0 Å². The van der Waals surface area contributed by atoms with Crippen LogP contribution in [0.1, 0.15) is 48.0 Å². The van der Waals surface area contributed by atoms with Crippen LogP contribution in [0, 0.1) is 0 Å². The quantitative estimate of drug-likeness (QED) is 0.809. The molecule has 4 rings (SSSR count). The number of fused-ring (bicyclic) bond motifs is 3. The second-order valence-corrected chi connectivity index (χ2v) is 9.57. The van der Waals surface area contributed by atoms with Crippen molar-refractivity contribution in [3.8, 4) is 11.5 Å². The Morgan fingerprint density at radius 3 is 2.79 bits per heavy atom. The number of hydrogen-bond acceptors (Lipinski definition) is 6. The van der Waals surface area contributed by atoms with Crippen molar-refractivity contribution in [2.24, 2.45) is 0 Å². The van der Waals surface area contributed by atoms with Gasteiger partial charge in [-0.15, -0.1) is 11.8 Å². The second kappa shape index (κ2) is 7.15. The van der Waals surface area contributed by atoms with Crippen LogP contribution in [0.2, 0.25) is 0 Å². The molecular weight excluding hydrogens is 380 g/mol. The van der Waals surface area contributed by atoms with Crippen molar-refractivity contribution < 1.29 is 23.8 Å². The first-order chi connectivity index (χ1) is 13.4. The number of hydrogen-bond donors (Lipinski definition) is 1. The molecule has 3 heterocycles. The molecule has 3 aliphatic rings. The molecule has 152 valence electrons. The van der Waals surface area contributed by atoms with E-state index < -0.39 is 10.8 Å². The summed E-state index contributed by atoms with van der Waals surface area (Å²) in [5.74, 6) is 0.615. The Bertz CT molecular complexity index is 806. The lowest BCUT2D eigenvalue weighted by Crippen LogP contribution is -2.53. The van der Waals surface area contributed by atoms with Gasteiger partial charge in [-0.1, -0.05) is 6.07 Å². The van der Waals surface area contributed by atoms with Gasteiger partial charge < -0.3 is 24.4 Å². The highest BCUT2D eigenvalue weighted by Gasteiger charge is 2.58. The normalized spacial score (nSPS) is 27.5. The number of carbonyl (C=O) groups is 2. The molecule has 0 bridgehead atoms. The number of nitrogens with one attached hydrogen (secondary N) is 1. The summed E-state index contributed by atoms with van der Waals surface area (Å²) in [5.41, 5.74) is 1.36. The van der Waals surface area contributed by atoms with Gasteiger partial charge in [0, 0.05) is 23.5 Å². The third kappa shape index (κ3) is 2.93. The maximum absolute atomic E-state index is 13.4. The Hall–Kier alpha value is -1.93. The molecule has 2 unspecified atom stereocenters. The van der Waals surface area contributed by atoms with Crippen molar-refractivity contribution in [2.75, 3.05) is 27.4 Å². The topological polar surface area (TPSA) is 77.1 Å². The first kappa shape index (κ1) is 19.4. The molecule has 2 fully saturated rings. The van der Waals surface area contributed by atoms with E-state index in [0.717, 1.165) is 25.0 Å². The predicted molar refractivity (Wildman–Crippen MR) is 106 cm³/mol. The van der Waals surface area contributed by atoms with Gasteiger partial charge in [0.15, 0.2) is 11.5 Å². The number of thioether (sulfide) groups is 1. The van der Waals surface area contributed by atoms with E-state index in [2.05, 4.69) is 5.32 Å². The molecule has 1 aromatic carbocycles. The molecule has 2 amide bonds. The molecule has 0 aliphatic carbocycles. The minimum atomic E-state index is -0.570. The number of benzene rings is 1. The Morgan fingerprint density at radius 1 is 1.36 bits per heavy atom. The maximum Gasteiger partial charge on any atom is 0.260 e. The zero-order valence-electron chi connectivity index (χ0n) is 16.6. The summed E-state index contributed by atoms with van der Waals surface area (Å²) >= 11 is 1.63. The fraction of sp³-hybridized carbons (Fsp3) is 0.600. The Labute approximate surface area is 169 Å². The van der Waals surface area contributed by atoms with E-state index in [0.29, 0.717) is 23.6 Å². The molecule has 1 aromatic rings. The number of rotatable bonds is 5. The summed E-state index contributed by atoms with van der Waals surface area (Å²) in [6.45, 7) is 5.25. The summed E-state index contributed by atoms with van der Waals surface area (Å²) in [6.07, 6.45) is 2.04. The zero-order chi connectivity index (χ0) is 20.1. The van der Waals surface area contributed by atoms with Gasteiger partial charge in [0.25, 0.3) is 5.91 Å². The van der Waals surface area contributed by atoms with Gasteiger partial charge in [0.2, 0.25) is 5.91 Å². The van der Waals surface area contributed by atoms with Crippen LogP contribution >= 0.6 is 11.8 Å². The van der Waals surface area contributed by atoms with Crippen LogP contribution in [0.4, 0.5) is 0 Å². The van der Waals surface area contributed by atoms with E-state index in [1.165, 1.54) is 7.11 Å². The maximum atomic E-state index is 13.4. The van der Waals surface area contributed by atoms with Gasteiger partial charge in [-0.25, -0.2) is 0 Å². The van der Waals surface area contributed by atoms with Crippen LogP contribution in [-0.4, -0.2) is 61.0 Å². The van der Waals surface area contributed by atoms with Gasteiger partial charge in [-0.2, -0.15) is 0 Å². The summed E-state index contributed by atoms with van der Waals surface area (Å²) in [7, 11) is 3.07. The number of carbonyl (C=O) groups excluding carboxylic acids is 2. The zero-order valence-corrected chi connectivity index (χ0v) is 17.4. The molecule has 0 saturated carbocycles. The monoisotopic (exact) mass is 406 g/mol. The molecule has 3 aliphatic heterocycles. The number of ether oxygens (including phenoxy) is 3. The Balaban J connectivity index is 1.63. The van der Waals surface area contributed by atoms with E-state index in [1.54, 1.807) is 23.8 Å². The van der Waals surface area contributed by atoms with Crippen LogP contribution in [0.5, 0.6) is 11.5 Å².